The number of hydrogen-bond acceptors (Lipinski definition) is 4. The van der Waals surface area contributed by atoms with E-state index in [0.717, 1.165) is 6.54 Å². The highest BCUT2D eigenvalue weighted by atomic mass is 15.1. The van der Waals surface area contributed by atoms with Gasteiger partial charge in [-0.15, -0.1) is 0 Å². The summed E-state index contributed by atoms with van der Waals surface area (Å²) < 4.78 is 0. The molecule has 0 unspecified atom stereocenters. The first kappa shape index (κ1) is 12.3. The number of nitrogens with zero attached hydrogens (tertiary/aromatic N) is 2. The van der Waals surface area contributed by atoms with E-state index in [9.17, 15) is 0 Å². The van der Waals surface area contributed by atoms with E-state index in [0.29, 0.717) is 29.3 Å². The molecule has 0 aliphatic heterocycles. The highest BCUT2D eigenvalue weighted by molar-refractivity contribution is 6.02. The van der Waals surface area contributed by atoms with Crippen LogP contribution in [0.25, 0.3) is 0 Å². The first-order chi connectivity index (χ1) is 7.50. The lowest BCUT2D eigenvalue weighted by Gasteiger charge is -2.08. The van der Waals surface area contributed by atoms with E-state index in [1.54, 1.807) is 18.2 Å². The Kier molecular flexibility index (Phi) is 4.13. The summed E-state index contributed by atoms with van der Waals surface area (Å²) in [5, 5.41) is 0. The Labute approximate surface area is 95.9 Å². The molecule has 88 valence electrons. The fourth-order valence-electron chi connectivity index (χ4n) is 1.25. The number of hydrogen-bond donors (Lipinski definition) is 3. The normalized spacial score (nSPS) is 12.1. The van der Waals surface area contributed by atoms with Crippen molar-refractivity contribution < 1.29 is 0 Å². The van der Waals surface area contributed by atoms with E-state index in [4.69, 9.17) is 17.2 Å². The zero-order valence-electron chi connectivity index (χ0n) is 9.77. The van der Waals surface area contributed by atoms with Crippen molar-refractivity contribution in [2.45, 2.75) is 0 Å². The molecule has 5 heteroatoms. The van der Waals surface area contributed by atoms with Crippen molar-refractivity contribution in [3.63, 3.8) is 0 Å². The van der Waals surface area contributed by atoms with Gasteiger partial charge in [-0.3, -0.25) is 4.99 Å². The minimum absolute atomic E-state index is 0.437. The van der Waals surface area contributed by atoms with Gasteiger partial charge in [0, 0.05) is 23.5 Å². The summed E-state index contributed by atoms with van der Waals surface area (Å²) >= 11 is 0. The number of anilines is 2. The Balaban J connectivity index is 2.79. The molecule has 1 aromatic carbocycles. The Bertz CT molecular complexity index is 384. The number of likely N-dealkylation sites (N-methyl/N-ethyl adjacent to an activating group) is 1. The molecule has 5 nitrogen and oxygen atoms in total. The molecule has 0 aliphatic carbocycles. The topological polar surface area (TPSA) is 93.7 Å². The number of aliphatic imine (C=N–C) groups is 1. The van der Waals surface area contributed by atoms with Gasteiger partial charge in [0.1, 0.15) is 5.84 Å². The quantitative estimate of drug-likeness (QED) is 0.382. The number of nitrogens with two attached hydrogens (primary N) is 3. The van der Waals surface area contributed by atoms with Gasteiger partial charge in [-0.05, 0) is 32.3 Å². The van der Waals surface area contributed by atoms with Crippen LogP contribution >= 0.6 is 0 Å². The molecule has 0 aromatic heterocycles. The van der Waals surface area contributed by atoms with Gasteiger partial charge in [0.25, 0.3) is 0 Å². The van der Waals surface area contributed by atoms with Gasteiger partial charge in [0.15, 0.2) is 0 Å². The second kappa shape index (κ2) is 5.37. The molecule has 0 aliphatic rings. The molecule has 1 aromatic rings. The predicted octanol–water partition coefficient (Wildman–Crippen LogP) is 0.118. The summed E-state index contributed by atoms with van der Waals surface area (Å²) in [7, 11) is 3.97. The van der Waals surface area contributed by atoms with E-state index >= 15 is 0 Å². The molecular weight excluding hydrogens is 202 g/mol. The van der Waals surface area contributed by atoms with Crippen molar-refractivity contribution >= 4 is 17.2 Å². The Morgan fingerprint density at radius 1 is 1.31 bits per heavy atom. The van der Waals surface area contributed by atoms with E-state index < -0.39 is 0 Å². The van der Waals surface area contributed by atoms with Crippen LogP contribution in [0.15, 0.2) is 23.2 Å². The van der Waals surface area contributed by atoms with Gasteiger partial charge >= 0.3 is 0 Å². The predicted molar refractivity (Wildman–Crippen MR) is 69.4 cm³/mol. The second-order valence-electron chi connectivity index (χ2n) is 3.92. The van der Waals surface area contributed by atoms with Crippen LogP contribution in [0.3, 0.4) is 0 Å². The molecule has 0 atom stereocenters. The first-order valence-electron chi connectivity index (χ1n) is 5.10. The minimum Gasteiger partial charge on any atom is -0.399 e. The van der Waals surface area contributed by atoms with Gasteiger partial charge in [-0.2, -0.15) is 0 Å². The fourth-order valence-corrected chi connectivity index (χ4v) is 1.25. The average molecular weight is 221 g/mol. The van der Waals surface area contributed by atoms with Crippen LogP contribution < -0.4 is 17.2 Å². The highest BCUT2D eigenvalue weighted by Gasteiger charge is 2.03. The molecule has 0 bridgehead atoms. The molecule has 6 N–H and O–H groups in total. The molecule has 1 rings (SSSR count). The lowest BCUT2D eigenvalue weighted by molar-refractivity contribution is 0.420. The van der Waals surface area contributed by atoms with Crippen LogP contribution in [-0.2, 0) is 0 Å². The monoisotopic (exact) mass is 221 g/mol. The maximum absolute atomic E-state index is 5.85. The van der Waals surface area contributed by atoms with E-state index in [-0.39, 0.29) is 0 Å². The maximum Gasteiger partial charge on any atom is 0.127 e. The molecule has 0 heterocycles. The molecule has 0 spiro atoms. The third-order valence-electron chi connectivity index (χ3n) is 2.18. The highest BCUT2D eigenvalue weighted by Crippen LogP contribution is 2.14. The van der Waals surface area contributed by atoms with Crippen LogP contribution in [0, 0.1) is 0 Å². The lowest BCUT2D eigenvalue weighted by atomic mass is 10.1. The molecule has 0 amide bonds. The molecule has 0 saturated carbocycles. The summed E-state index contributed by atoms with van der Waals surface area (Å²) in [4.78, 5) is 6.29. The number of amidine groups is 1. The van der Waals surface area contributed by atoms with Crippen molar-refractivity contribution in [1.82, 2.24) is 4.90 Å². The summed E-state index contributed by atoms with van der Waals surface area (Å²) in [5.74, 6) is 0.437. The average Bonchev–Trinajstić information content (AvgIpc) is 2.21. The smallest absolute Gasteiger partial charge is 0.127 e. The van der Waals surface area contributed by atoms with Crippen molar-refractivity contribution in [2.24, 2.45) is 10.7 Å². The fraction of sp³-hybridized carbons (Fsp3) is 0.364. The Hall–Kier alpha value is -1.75. The third kappa shape index (κ3) is 3.43. The van der Waals surface area contributed by atoms with Gasteiger partial charge in [0.2, 0.25) is 0 Å². The summed E-state index contributed by atoms with van der Waals surface area (Å²) in [6.45, 7) is 1.50. The Morgan fingerprint density at radius 3 is 2.62 bits per heavy atom. The van der Waals surface area contributed by atoms with E-state index in [1.807, 2.05) is 19.0 Å². The second-order valence-corrected chi connectivity index (χ2v) is 3.92. The van der Waals surface area contributed by atoms with Crippen molar-refractivity contribution in [3.05, 3.63) is 23.8 Å². The van der Waals surface area contributed by atoms with Crippen LogP contribution in [0.5, 0.6) is 0 Å². The standard InChI is InChI=1S/C11H19N5/c1-16(2)6-5-15-11(14)9-7-8(12)3-4-10(9)13/h3-4,7H,5-6,12-13H2,1-2H3,(H2,14,15). The van der Waals surface area contributed by atoms with Crippen LogP contribution in [0.2, 0.25) is 0 Å². The minimum atomic E-state index is 0.437. The SMILES string of the molecule is CN(C)CCN=C(N)c1cc(N)ccc1N. The van der Waals surface area contributed by atoms with Crippen molar-refractivity contribution in [2.75, 3.05) is 38.7 Å². The molecular formula is C11H19N5. The zero-order valence-corrected chi connectivity index (χ0v) is 9.77. The summed E-state index contributed by atoms with van der Waals surface area (Å²) in [5.41, 5.74) is 19.2. The molecule has 16 heavy (non-hydrogen) atoms. The van der Waals surface area contributed by atoms with Crippen molar-refractivity contribution in [1.29, 1.82) is 0 Å². The van der Waals surface area contributed by atoms with Crippen molar-refractivity contribution in [3.8, 4) is 0 Å². The van der Waals surface area contributed by atoms with E-state index in [1.165, 1.54) is 0 Å². The number of nitrogen functional groups attached to an aromatic ring is 2. The van der Waals surface area contributed by atoms with Crippen LogP contribution in [0.4, 0.5) is 11.4 Å². The van der Waals surface area contributed by atoms with Gasteiger partial charge < -0.3 is 22.1 Å². The largest absolute Gasteiger partial charge is 0.399 e. The van der Waals surface area contributed by atoms with Crippen LogP contribution in [-0.4, -0.2) is 37.9 Å². The zero-order chi connectivity index (χ0) is 12.1. The third-order valence-corrected chi connectivity index (χ3v) is 2.18. The summed E-state index contributed by atoms with van der Waals surface area (Å²) in [6.07, 6.45) is 0. The van der Waals surface area contributed by atoms with Crippen LogP contribution in [0.1, 0.15) is 5.56 Å². The lowest BCUT2D eigenvalue weighted by Crippen LogP contribution is -2.20. The maximum atomic E-state index is 5.85. The molecule has 0 radical (unpaired) electrons. The van der Waals surface area contributed by atoms with Gasteiger partial charge in [-0.25, -0.2) is 0 Å². The molecule has 0 fully saturated rings. The number of rotatable bonds is 4. The van der Waals surface area contributed by atoms with Gasteiger partial charge in [-0.1, -0.05) is 0 Å². The number of benzene rings is 1. The van der Waals surface area contributed by atoms with Gasteiger partial charge in [0.05, 0.1) is 6.54 Å². The Morgan fingerprint density at radius 2 is 2.00 bits per heavy atom. The first-order valence-corrected chi connectivity index (χ1v) is 5.10. The molecule has 0 saturated heterocycles. The summed E-state index contributed by atoms with van der Waals surface area (Å²) in [6, 6.07) is 5.22. The van der Waals surface area contributed by atoms with E-state index in [2.05, 4.69) is 4.99 Å².